The highest BCUT2D eigenvalue weighted by atomic mass is 79.9. The predicted octanol–water partition coefficient (Wildman–Crippen LogP) is 2.63. The van der Waals surface area contributed by atoms with E-state index in [4.69, 9.17) is 4.42 Å². The molecule has 8 nitrogen and oxygen atoms in total. The second kappa shape index (κ2) is 8.37. The molecule has 27 heavy (non-hydrogen) atoms. The molecule has 0 saturated carbocycles. The number of hydrogen-bond donors (Lipinski definition) is 4. The lowest BCUT2D eigenvalue weighted by Crippen LogP contribution is -2.42. The van der Waals surface area contributed by atoms with E-state index >= 15 is 0 Å². The Bertz CT molecular complexity index is 948. The van der Waals surface area contributed by atoms with Crippen molar-refractivity contribution in [2.24, 2.45) is 0 Å². The minimum absolute atomic E-state index is 0.0738. The zero-order chi connectivity index (χ0) is 19.2. The molecular weight excluding hydrogens is 416 g/mol. The van der Waals surface area contributed by atoms with Gasteiger partial charge in [-0.3, -0.25) is 25.2 Å². The van der Waals surface area contributed by atoms with Crippen LogP contribution in [0.15, 0.2) is 63.8 Å². The molecule has 3 amide bonds. The number of hydrazine groups is 1. The van der Waals surface area contributed by atoms with Gasteiger partial charge in [-0.25, -0.2) is 0 Å². The first kappa shape index (κ1) is 18.5. The van der Waals surface area contributed by atoms with Crippen molar-refractivity contribution < 1.29 is 18.8 Å². The minimum atomic E-state index is -0.434. The lowest BCUT2D eigenvalue weighted by molar-refractivity contribution is -0.121. The van der Waals surface area contributed by atoms with Gasteiger partial charge in [-0.05, 0) is 57.9 Å². The minimum Gasteiger partial charge on any atom is -0.444 e. The lowest BCUT2D eigenvalue weighted by atomic mass is 10.1. The molecule has 0 aliphatic rings. The molecule has 9 heteroatoms. The Labute approximate surface area is 162 Å². The number of aromatic nitrogens is 1. The molecular formula is C18H15BrN4O4. The van der Waals surface area contributed by atoms with Crippen LogP contribution in [0.1, 0.15) is 26.6 Å². The van der Waals surface area contributed by atoms with Gasteiger partial charge in [-0.1, -0.05) is 12.1 Å². The summed E-state index contributed by atoms with van der Waals surface area (Å²) in [5.74, 6) is -0.996. The second-order valence-corrected chi connectivity index (χ2v) is 6.30. The SMILES string of the molecule is O=C(Cc1ccc(NC(=O)c2ccc(Br)o2)cc1)NNC(=O)c1ccc[nH]1. The first-order chi connectivity index (χ1) is 13.0. The average molecular weight is 431 g/mol. The number of nitrogens with one attached hydrogen (secondary N) is 4. The van der Waals surface area contributed by atoms with Crippen molar-refractivity contribution in [2.75, 3.05) is 5.32 Å². The molecule has 0 aliphatic heterocycles. The molecule has 1 aromatic carbocycles. The normalized spacial score (nSPS) is 10.3. The summed E-state index contributed by atoms with van der Waals surface area (Å²) in [6.45, 7) is 0. The highest BCUT2D eigenvalue weighted by Gasteiger charge is 2.11. The summed E-state index contributed by atoms with van der Waals surface area (Å²) >= 11 is 3.14. The molecule has 3 aromatic rings. The van der Waals surface area contributed by atoms with Gasteiger partial charge >= 0.3 is 0 Å². The molecule has 0 atom stereocenters. The van der Waals surface area contributed by atoms with Gasteiger partial charge in [-0.2, -0.15) is 0 Å². The molecule has 2 aromatic heterocycles. The quantitative estimate of drug-likeness (QED) is 0.465. The third kappa shape index (κ3) is 5.08. The molecule has 0 saturated heterocycles. The van der Waals surface area contributed by atoms with Crippen LogP contribution in [0, 0.1) is 0 Å². The van der Waals surface area contributed by atoms with Crippen LogP contribution in [0.3, 0.4) is 0 Å². The monoisotopic (exact) mass is 430 g/mol. The maximum atomic E-state index is 12.0. The van der Waals surface area contributed by atoms with Crippen molar-refractivity contribution in [2.45, 2.75) is 6.42 Å². The second-order valence-electron chi connectivity index (χ2n) is 5.52. The van der Waals surface area contributed by atoms with Crippen LogP contribution in [0.25, 0.3) is 0 Å². The number of rotatable bonds is 5. The average Bonchev–Trinajstić information content (AvgIpc) is 3.33. The number of halogens is 1. The Morgan fingerprint density at radius 2 is 1.74 bits per heavy atom. The summed E-state index contributed by atoms with van der Waals surface area (Å²) in [4.78, 5) is 38.4. The highest BCUT2D eigenvalue weighted by molar-refractivity contribution is 9.10. The zero-order valence-corrected chi connectivity index (χ0v) is 15.5. The zero-order valence-electron chi connectivity index (χ0n) is 13.9. The number of benzene rings is 1. The van der Waals surface area contributed by atoms with Gasteiger partial charge < -0.3 is 14.7 Å². The van der Waals surface area contributed by atoms with E-state index < -0.39 is 5.91 Å². The van der Waals surface area contributed by atoms with E-state index in [1.165, 1.54) is 0 Å². The fourth-order valence-corrected chi connectivity index (χ4v) is 2.54. The van der Waals surface area contributed by atoms with E-state index in [1.807, 2.05) is 0 Å². The summed E-state index contributed by atoms with van der Waals surface area (Å²) in [7, 11) is 0. The molecule has 0 bridgehead atoms. The van der Waals surface area contributed by atoms with Gasteiger partial charge in [0, 0.05) is 11.9 Å². The Morgan fingerprint density at radius 1 is 0.963 bits per heavy atom. The Balaban J connectivity index is 1.49. The van der Waals surface area contributed by atoms with Crippen LogP contribution in [0.2, 0.25) is 0 Å². The van der Waals surface area contributed by atoms with Crippen LogP contribution < -0.4 is 16.2 Å². The van der Waals surface area contributed by atoms with E-state index in [9.17, 15) is 14.4 Å². The number of H-pyrrole nitrogens is 1. The van der Waals surface area contributed by atoms with Crippen LogP contribution in [0.5, 0.6) is 0 Å². The molecule has 0 spiro atoms. The first-order valence-electron chi connectivity index (χ1n) is 7.89. The fraction of sp³-hybridized carbons (Fsp3) is 0.0556. The van der Waals surface area contributed by atoms with Gasteiger partial charge in [0.15, 0.2) is 10.4 Å². The van der Waals surface area contributed by atoms with Crippen molar-refractivity contribution >= 4 is 39.3 Å². The molecule has 0 unspecified atom stereocenters. The van der Waals surface area contributed by atoms with E-state index in [0.29, 0.717) is 16.1 Å². The van der Waals surface area contributed by atoms with Crippen LogP contribution >= 0.6 is 15.9 Å². The Kier molecular flexibility index (Phi) is 5.72. The molecule has 138 valence electrons. The van der Waals surface area contributed by atoms with Crippen molar-refractivity contribution in [1.29, 1.82) is 0 Å². The third-order valence-electron chi connectivity index (χ3n) is 3.53. The van der Waals surface area contributed by atoms with Crippen molar-refractivity contribution in [3.05, 3.63) is 76.4 Å². The number of anilines is 1. The fourth-order valence-electron chi connectivity index (χ4n) is 2.23. The number of carbonyl (C=O) groups excluding carboxylic acids is 3. The van der Waals surface area contributed by atoms with Crippen molar-refractivity contribution in [3.8, 4) is 0 Å². The van der Waals surface area contributed by atoms with Gasteiger partial charge in [0.25, 0.3) is 11.8 Å². The molecule has 2 heterocycles. The van der Waals surface area contributed by atoms with Crippen LogP contribution in [0.4, 0.5) is 5.69 Å². The van der Waals surface area contributed by atoms with E-state index in [1.54, 1.807) is 54.7 Å². The van der Waals surface area contributed by atoms with E-state index in [-0.39, 0.29) is 24.0 Å². The van der Waals surface area contributed by atoms with Gasteiger partial charge in [-0.15, -0.1) is 0 Å². The molecule has 4 N–H and O–H groups in total. The Morgan fingerprint density at radius 3 is 2.37 bits per heavy atom. The van der Waals surface area contributed by atoms with Gasteiger partial charge in [0.2, 0.25) is 5.91 Å². The maximum Gasteiger partial charge on any atom is 0.291 e. The number of amides is 3. The predicted molar refractivity (Wildman–Crippen MR) is 101 cm³/mol. The number of furan rings is 1. The first-order valence-corrected chi connectivity index (χ1v) is 8.69. The molecule has 0 radical (unpaired) electrons. The lowest BCUT2D eigenvalue weighted by Gasteiger charge is -2.07. The van der Waals surface area contributed by atoms with Gasteiger partial charge in [0.1, 0.15) is 5.69 Å². The number of carbonyl (C=O) groups is 3. The van der Waals surface area contributed by atoms with Crippen LogP contribution in [-0.4, -0.2) is 22.7 Å². The summed E-state index contributed by atoms with van der Waals surface area (Å²) in [5, 5.41) is 2.69. The third-order valence-corrected chi connectivity index (χ3v) is 3.96. The maximum absolute atomic E-state index is 12.0. The molecule has 0 aliphatic carbocycles. The summed E-state index contributed by atoms with van der Waals surface area (Å²) < 4.78 is 5.65. The Hall–Kier alpha value is -3.33. The number of hydrogen-bond acceptors (Lipinski definition) is 4. The molecule has 0 fully saturated rings. The van der Waals surface area contributed by atoms with Crippen LogP contribution in [-0.2, 0) is 11.2 Å². The van der Waals surface area contributed by atoms with E-state index in [0.717, 1.165) is 5.56 Å². The number of aromatic amines is 1. The van der Waals surface area contributed by atoms with Gasteiger partial charge in [0.05, 0.1) is 6.42 Å². The smallest absolute Gasteiger partial charge is 0.291 e. The standard InChI is InChI=1S/C18H15BrN4O4/c19-15-8-7-14(27-15)18(26)21-12-5-3-11(4-6-12)10-16(24)22-23-17(25)13-2-1-9-20-13/h1-9,20H,10H2,(H,21,26)(H,22,24)(H,23,25). The largest absolute Gasteiger partial charge is 0.444 e. The van der Waals surface area contributed by atoms with Crippen molar-refractivity contribution in [3.63, 3.8) is 0 Å². The van der Waals surface area contributed by atoms with E-state index in [2.05, 4.69) is 37.1 Å². The summed E-state index contributed by atoms with van der Waals surface area (Å²) in [5.41, 5.74) is 6.30. The highest BCUT2D eigenvalue weighted by Crippen LogP contribution is 2.16. The summed E-state index contributed by atoms with van der Waals surface area (Å²) in [6, 6.07) is 13.2. The topological polar surface area (TPSA) is 116 Å². The summed E-state index contributed by atoms with van der Waals surface area (Å²) in [6.07, 6.45) is 1.69. The molecule has 3 rings (SSSR count). The van der Waals surface area contributed by atoms with Crippen molar-refractivity contribution in [1.82, 2.24) is 15.8 Å².